The molecule has 1 aliphatic heterocycles. The Hall–Kier alpha value is -0.520. The van der Waals surface area contributed by atoms with Crippen LogP contribution < -0.4 is 0 Å². The molecule has 0 radical (unpaired) electrons. The number of aliphatic hydroxyl groups excluding tert-OH is 1. The Morgan fingerprint density at radius 1 is 1.41 bits per heavy atom. The quantitative estimate of drug-likeness (QED) is 0.850. The lowest BCUT2D eigenvalue weighted by atomic mass is 9.91. The fraction of sp³-hybridized carbons (Fsp3) is 0.500. The van der Waals surface area contributed by atoms with Gasteiger partial charge < -0.3 is 9.84 Å². The van der Waals surface area contributed by atoms with E-state index in [0.717, 1.165) is 18.9 Å². The van der Waals surface area contributed by atoms with E-state index in [1.165, 1.54) is 6.07 Å². The van der Waals surface area contributed by atoms with Gasteiger partial charge in [-0.2, -0.15) is 0 Å². The maximum atomic E-state index is 13.4. The number of hydrogen-bond acceptors (Lipinski definition) is 2. The standard InChI is InChI=1S/C12H13BrF2O2/c13-10-8(3-4-9(14)11(10)15)12(16)7-2-1-5-17-6-7/h3-4,7,12,16H,1-2,5-6H2. The maximum absolute atomic E-state index is 13.4. The second-order valence-electron chi connectivity index (χ2n) is 4.19. The molecule has 1 fully saturated rings. The molecule has 1 saturated heterocycles. The average molecular weight is 307 g/mol. The molecule has 17 heavy (non-hydrogen) atoms. The summed E-state index contributed by atoms with van der Waals surface area (Å²) in [5.41, 5.74) is 0.374. The van der Waals surface area contributed by atoms with Crippen LogP contribution in [0.2, 0.25) is 0 Å². The SMILES string of the molecule is OC(c1ccc(F)c(F)c1Br)C1CCCOC1. The molecule has 0 amide bonds. The van der Waals surface area contributed by atoms with Crippen LogP contribution in [0.25, 0.3) is 0 Å². The molecule has 2 rings (SSSR count). The van der Waals surface area contributed by atoms with Crippen molar-refractivity contribution in [1.82, 2.24) is 0 Å². The van der Waals surface area contributed by atoms with Crippen LogP contribution in [0.15, 0.2) is 16.6 Å². The Labute approximate surface area is 107 Å². The second kappa shape index (κ2) is 5.42. The smallest absolute Gasteiger partial charge is 0.173 e. The van der Waals surface area contributed by atoms with E-state index < -0.39 is 17.7 Å². The molecular formula is C12H13BrF2O2. The van der Waals surface area contributed by atoms with Crippen LogP contribution in [0.5, 0.6) is 0 Å². The Balaban J connectivity index is 2.24. The third-order valence-corrected chi connectivity index (χ3v) is 3.83. The number of halogens is 3. The summed E-state index contributed by atoms with van der Waals surface area (Å²) >= 11 is 2.98. The molecule has 5 heteroatoms. The van der Waals surface area contributed by atoms with E-state index >= 15 is 0 Å². The molecule has 94 valence electrons. The van der Waals surface area contributed by atoms with Crippen molar-refractivity contribution in [2.75, 3.05) is 13.2 Å². The first kappa shape index (κ1) is 12.9. The summed E-state index contributed by atoms with van der Waals surface area (Å²) in [6, 6.07) is 2.43. The van der Waals surface area contributed by atoms with Crippen molar-refractivity contribution in [2.24, 2.45) is 5.92 Å². The molecular weight excluding hydrogens is 294 g/mol. The lowest BCUT2D eigenvalue weighted by Crippen LogP contribution is -2.24. The predicted octanol–water partition coefficient (Wildman–Crippen LogP) is 3.19. The topological polar surface area (TPSA) is 29.5 Å². The summed E-state index contributed by atoms with van der Waals surface area (Å²) in [6.07, 6.45) is 0.870. The highest BCUT2D eigenvalue weighted by Gasteiger charge is 2.26. The summed E-state index contributed by atoms with van der Waals surface area (Å²) in [6.45, 7) is 1.15. The third-order valence-electron chi connectivity index (χ3n) is 3.03. The molecule has 1 aliphatic rings. The first-order chi connectivity index (χ1) is 8.11. The van der Waals surface area contributed by atoms with Gasteiger partial charge in [0.05, 0.1) is 17.2 Å². The van der Waals surface area contributed by atoms with Gasteiger partial charge in [-0.15, -0.1) is 0 Å². The normalized spacial score (nSPS) is 22.5. The van der Waals surface area contributed by atoms with Crippen LogP contribution in [-0.2, 0) is 4.74 Å². The fourth-order valence-electron chi connectivity index (χ4n) is 2.04. The molecule has 0 aromatic heterocycles. The van der Waals surface area contributed by atoms with Gasteiger partial charge in [-0.25, -0.2) is 8.78 Å². The first-order valence-electron chi connectivity index (χ1n) is 5.50. The van der Waals surface area contributed by atoms with Crippen molar-refractivity contribution in [1.29, 1.82) is 0 Å². The van der Waals surface area contributed by atoms with Crippen LogP contribution in [0.4, 0.5) is 8.78 Å². The minimum absolute atomic E-state index is 0.00410. The molecule has 0 spiro atoms. The van der Waals surface area contributed by atoms with Crippen molar-refractivity contribution in [3.05, 3.63) is 33.8 Å². The van der Waals surface area contributed by atoms with Gasteiger partial charge in [0, 0.05) is 12.5 Å². The average Bonchev–Trinajstić information content (AvgIpc) is 2.36. The summed E-state index contributed by atoms with van der Waals surface area (Å²) in [5.74, 6) is -1.95. The molecule has 0 aliphatic carbocycles. The lowest BCUT2D eigenvalue weighted by molar-refractivity contribution is -0.0104. The Bertz CT molecular complexity index is 406. The zero-order valence-electron chi connectivity index (χ0n) is 9.13. The highest BCUT2D eigenvalue weighted by Crippen LogP contribution is 2.34. The summed E-state index contributed by atoms with van der Waals surface area (Å²) in [7, 11) is 0. The van der Waals surface area contributed by atoms with E-state index in [4.69, 9.17) is 4.74 Å². The van der Waals surface area contributed by atoms with Crippen molar-refractivity contribution in [3.8, 4) is 0 Å². The molecule has 1 aromatic rings. The van der Waals surface area contributed by atoms with Crippen molar-refractivity contribution >= 4 is 15.9 Å². The Kier molecular flexibility index (Phi) is 4.12. The molecule has 2 nitrogen and oxygen atoms in total. The largest absolute Gasteiger partial charge is 0.388 e. The minimum atomic E-state index is -0.960. The number of aliphatic hydroxyl groups is 1. The number of hydrogen-bond donors (Lipinski definition) is 1. The van der Waals surface area contributed by atoms with Crippen molar-refractivity contribution < 1.29 is 18.6 Å². The minimum Gasteiger partial charge on any atom is -0.388 e. The van der Waals surface area contributed by atoms with Gasteiger partial charge in [-0.1, -0.05) is 6.07 Å². The van der Waals surface area contributed by atoms with Gasteiger partial charge in [0.1, 0.15) is 0 Å². The van der Waals surface area contributed by atoms with Gasteiger partial charge in [-0.3, -0.25) is 0 Å². The van der Waals surface area contributed by atoms with Crippen LogP contribution in [0, 0.1) is 17.6 Å². The highest BCUT2D eigenvalue weighted by molar-refractivity contribution is 9.10. The predicted molar refractivity (Wildman–Crippen MR) is 62.6 cm³/mol. The van der Waals surface area contributed by atoms with Gasteiger partial charge in [0.2, 0.25) is 0 Å². The molecule has 0 bridgehead atoms. The molecule has 1 N–H and O–H groups in total. The van der Waals surface area contributed by atoms with Crippen LogP contribution in [0.1, 0.15) is 24.5 Å². The molecule has 2 unspecified atom stereocenters. The fourth-order valence-corrected chi connectivity index (χ4v) is 2.59. The van der Waals surface area contributed by atoms with Gasteiger partial charge in [-0.05, 0) is 40.4 Å². The van der Waals surface area contributed by atoms with Gasteiger partial charge in [0.25, 0.3) is 0 Å². The van der Waals surface area contributed by atoms with Gasteiger partial charge >= 0.3 is 0 Å². The van der Waals surface area contributed by atoms with Crippen LogP contribution in [0.3, 0.4) is 0 Å². The summed E-state index contributed by atoms with van der Waals surface area (Å²) in [5, 5.41) is 10.1. The number of rotatable bonds is 2. The van der Waals surface area contributed by atoms with Crippen molar-refractivity contribution in [3.63, 3.8) is 0 Å². The Morgan fingerprint density at radius 2 is 2.18 bits per heavy atom. The van der Waals surface area contributed by atoms with E-state index in [2.05, 4.69) is 15.9 Å². The molecule has 2 atom stereocenters. The van der Waals surface area contributed by atoms with E-state index in [9.17, 15) is 13.9 Å². The maximum Gasteiger partial charge on any atom is 0.173 e. The summed E-state index contributed by atoms with van der Waals surface area (Å²) < 4.78 is 31.6. The van der Waals surface area contributed by atoms with Gasteiger partial charge in [0.15, 0.2) is 11.6 Å². The first-order valence-corrected chi connectivity index (χ1v) is 6.29. The monoisotopic (exact) mass is 306 g/mol. The summed E-state index contributed by atoms with van der Waals surface area (Å²) in [4.78, 5) is 0. The van der Waals surface area contributed by atoms with Crippen LogP contribution >= 0.6 is 15.9 Å². The number of benzene rings is 1. The van der Waals surface area contributed by atoms with E-state index in [-0.39, 0.29) is 10.4 Å². The third kappa shape index (κ3) is 2.67. The Morgan fingerprint density at radius 3 is 2.82 bits per heavy atom. The number of ether oxygens (including phenoxy) is 1. The van der Waals surface area contributed by atoms with Crippen molar-refractivity contribution in [2.45, 2.75) is 18.9 Å². The molecule has 0 saturated carbocycles. The zero-order valence-corrected chi connectivity index (χ0v) is 10.7. The highest BCUT2D eigenvalue weighted by atomic mass is 79.9. The van der Waals surface area contributed by atoms with E-state index in [1.54, 1.807) is 0 Å². The van der Waals surface area contributed by atoms with E-state index in [0.29, 0.717) is 18.8 Å². The van der Waals surface area contributed by atoms with E-state index in [1.807, 2.05) is 0 Å². The molecule has 1 aromatic carbocycles. The zero-order chi connectivity index (χ0) is 12.4. The molecule has 1 heterocycles. The lowest BCUT2D eigenvalue weighted by Gasteiger charge is -2.27. The van der Waals surface area contributed by atoms with Crippen LogP contribution in [-0.4, -0.2) is 18.3 Å². The second-order valence-corrected chi connectivity index (χ2v) is 4.98.